The third-order valence-corrected chi connectivity index (χ3v) is 8.74. The summed E-state index contributed by atoms with van der Waals surface area (Å²) >= 11 is 0. The lowest BCUT2D eigenvalue weighted by atomic mass is 10.0. The molecule has 44 heavy (non-hydrogen) atoms. The van der Waals surface area contributed by atoms with Crippen LogP contribution in [0, 0.1) is 11.8 Å². The van der Waals surface area contributed by atoms with Crippen molar-refractivity contribution < 1.29 is 31.9 Å². The first-order chi connectivity index (χ1) is 21.2. The number of rotatable bonds is 6. The number of nitrogens with zero attached hydrogens (tertiary/aromatic N) is 4. The van der Waals surface area contributed by atoms with E-state index in [1.165, 1.54) is 22.9 Å². The minimum atomic E-state index is -4.61. The lowest BCUT2D eigenvalue weighted by Crippen LogP contribution is -2.22. The van der Waals surface area contributed by atoms with E-state index < -0.39 is 23.1 Å². The molecule has 0 amide bonds. The summed E-state index contributed by atoms with van der Waals surface area (Å²) in [6.07, 6.45) is -1.64. The molecule has 0 aliphatic carbocycles. The summed E-state index contributed by atoms with van der Waals surface area (Å²) in [5, 5.41) is 0. The van der Waals surface area contributed by atoms with Crippen LogP contribution in [0.5, 0.6) is 0 Å². The Morgan fingerprint density at radius 2 is 1.77 bits per heavy atom. The number of pyridine rings is 1. The number of esters is 1. The molecule has 2 unspecified atom stereocenters. The molecule has 2 aromatic carbocycles. The van der Waals surface area contributed by atoms with Crippen LogP contribution in [-0.4, -0.2) is 61.5 Å². The van der Waals surface area contributed by atoms with E-state index in [0.717, 1.165) is 45.2 Å². The van der Waals surface area contributed by atoms with Gasteiger partial charge < -0.3 is 28.3 Å². The van der Waals surface area contributed by atoms with Crippen molar-refractivity contribution >= 4 is 28.8 Å². The van der Waals surface area contributed by atoms with Crippen LogP contribution in [0.25, 0.3) is 28.0 Å². The highest BCUT2D eigenvalue weighted by atomic mass is 19.4. The van der Waals surface area contributed by atoms with Crippen molar-refractivity contribution in [2.45, 2.75) is 25.9 Å². The van der Waals surface area contributed by atoms with Gasteiger partial charge in [0.1, 0.15) is 11.1 Å². The van der Waals surface area contributed by atoms with Gasteiger partial charge in [-0.3, -0.25) is 4.79 Å². The summed E-state index contributed by atoms with van der Waals surface area (Å²) < 4.78 is 61.4. The van der Waals surface area contributed by atoms with Crippen molar-refractivity contribution in [3.8, 4) is 16.9 Å². The largest absolute Gasteiger partial charge is 0.462 e. The van der Waals surface area contributed by atoms with Gasteiger partial charge in [-0.2, -0.15) is 18.2 Å². The summed E-state index contributed by atoms with van der Waals surface area (Å²) in [5.41, 5.74) is 0.371. The van der Waals surface area contributed by atoms with E-state index in [1.54, 1.807) is 36.1 Å². The average Bonchev–Trinajstić information content (AvgIpc) is 3.80. The van der Waals surface area contributed by atoms with Gasteiger partial charge in [0, 0.05) is 67.7 Å². The minimum absolute atomic E-state index is 0.0596. The topological polar surface area (TPSA) is 90.0 Å². The van der Waals surface area contributed by atoms with Gasteiger partial charge >= 0.3 is 12.1 Å². The average molecular weight is 609 g/mol. The number of oxazole rings is 1. The lowest BCUT2D eigenvalue weighted by Gasteiger charge is -2.24. The first-order valence-electron chi connectivity index (χ1n) is 14.8. The van der Waals surface area contributed by atoms with Crippen LogP contribution in [0.15, 0.2) is 57.9 Å². The molecule has 230 valence electrons. The molecule has 12 heteroatoms. The van der Waals surface area contributed by atoms with Crippen LogP contribution < -0.4 is 15.2 Å². The molecule has 2 atom stereocenters. The molecular weight excluding hydrogens is 577 g/mol. The van der Waals surface area contributed by atoms with E-state index in [-0.39, 0.29) is 29.1 Å². The van der Waals surface area contributed by atoms with Crippen molar-refractivity contribution in [1.29, 1.82) is 0 Å². The quantitative estimate of drug-likeness (QED) is 0.264. The molecule has 0 spiro atoms. The smallest absolute Gasteiger partial charge is 0.418 e. The third-order valence-electron chi connectivity index (χ3n) is 8.74. The Morgan fingerprint density at radius 3 is 2.48 bits per heavy atom. The maximum absolute atomic E-state index is 14.3. The standard InChI is InChI=1S/C32H31F3N4O5/c1-2-43-30(41)23-16-39(22-6-7-25-29(12-22)44-31(36-25)38-14-20-17-42-18-21(20)15-38)27(13-28(23)40)19-5-8-26(37-9-3-4-10-37)24(11-19)32(33,34)35/h5-8,11-13,16,20-21H,2-4,9-10,14-15,17-18H2,1H3. The number of hydrogen-bond donors (Lipinski definition) is 0. The van der Waals surface area contributed by atoms with Crippen molar-refractivity contribution in [2.24, 2.45) is 11.8 Å². The zero-order valence-electron chi connectivity index (χ0n) is 24.1. The number of carbonyl (C=O) groups excluding carboxylic acids is 1. The SMILES string of the molecule is CCOC(=O)c1cn(-c2ccc3nc(N4CC5COCC5C4)oc3c2)c(-c2ccc(N3CCCC3)c(C(F)(F)F)c2)cc1=O. The fourth-order valence-corrected chi connectivity index (χ4v) is 6.52. The number of ether oxygens (including phenoxy) is 2. The molecule has 9 nitrogen and oxygen atoms in total. The van der Waals surface area contributed by atoms with Gasteiger partial charge in [0.2, 0.25) is 0 Å². The molecule has 0 saturated carbocycles. The predicted octanol–water partition coefficient (Wildman–Crippen LogP) is 5.52. The fourth-order valence-electron chi connectivity index (χ4n) is 6.52. The third kappa shape index (κ3) is 5.10. The molecule has 0 N–H and O–H groups in total. The number of hydrogen-bond acceptors (Lipinski definition) is 8. The van der Waals surface area contributed by atoms with Gasteiger partial charge in [-0.25, -0.2) is 4.79 Å². The summed E-state index contributed by atoms with van der Waals surface area (Å²) in [7, 11) is 0. The number of anilines is 2. The first-order valence-corrected chi connectivity index (χ1v) is 14.8. The molecule has 7 rings (SSSR count). The van der Waals surface area contributed by atoms with Crippen LogP contribution >= 0.6 is 0 Å². The second-order valence-electron chi connectivity index (χ2n) is 11.6. The zero-order valence-corrected chi connectivity index (χ0v) is 24.1. The van der Waals surface area contributed by atoms with E-state index in [1.807, 2.05) is 0 Å². The highest BCUT2D eigenvalue weighted by molar-refractivity contribution is 5.90. The summed E-state index contributed by atoms with van der Waals surface area (Å²) in [6.45, 7) is 5.79. The highest BCUT2D eigenvalue weighted by Gasteiger charge is 2.39. The van der Waals surface area contributed by atoms with Crippen LogP contribution in [0.1, 0.15) is 35.7 Å². The van der Waals surface area contributed by atoms with Crippen LogP contribution in [0.2, 0.25) is 0 Å². The van der Waals surface area contributed by atoms with Gasteiger partial charge in [-0.15, -0.1) is 0 Å². The predicted molar refractivity (Wildman–Crippen MR) is 157 cm³/mol. The number of halogens is 3. The van der Waals surface area contributed by atoms with E-state index in [0.29, 0.717) is 47.7 Å². The Bertz CT molecular complexity index is 1780. The zero-order chi connectivity index (χ0) is 30.6. The van der Waals surface area contributed by atoms with Gasteiger partial charge in [-0.1, -0.05) is 6.07 Å². The van der Waals surface area contributed by atoms with E-state index in [9.17, 15) is 22.8 Å². The summed E-state index contributed by atoms with van der Waals surface area (Å²) in [5.74, 6) is 0.0535. The molecular formula is C32H31F3N4O5. The Hall–Kier alpha value is -4.32. The van der Waals surface area contributed by atoms with Crippen molar-refractivity contribution in [3.05, 3.63) is 70.0 Å². The molecule has 3 saturated heterocycles. The maximum atomic E-state index is 14.3. The molecule has 3 aliphatic rings. The maximum Gasteiger partial charge on any atom is 0.418 e. The minimum Gasteiger partial charge on any atom is -0.462 e. The lowest BCUT2D eigenvalue weighted by molar-refractivity contribution is -0.137. The molecule has 4 aromatic rings. The van der Waals surface area contributed by atoms with Crippen LogP contribution in [0.4, 0.5) is 24.9 Å². The Kier molecular flexibility index (Phi) is 7.11. The molecule has 0 radical (unpaired) electrons. The Labute approximate surface area is 250 Å². The van der Waals surface area contributed by atoms with Crippen LogP contribution in [-0.2, 0) is 15.7 Å². The normalized spacial score (nSPS) is 20.1. The summed E-state index contributed by atoms with van der Waals surface area (Å²) in [6, 6.07) is 11.0. The number of benzene rings is 2. The Morgan fingerprint density at radius 1 is 1.02 bits per heavy atom. The number of aromatic nitrogens is 2. The monoisotopic (exact) mass is 608 g/mol. The molecule has 3 aliphatic heterocycles. The number of carbonyl (C=O) groups is 1. The number of alkyl halides is 3. The second-order valence-corrected chi connectivity index (χ2v) is 11.6. The van der Waals surface area contributed by atoms with E-state index in [2.05, 4.69) is 9.88 Å². The van der Waals surface area contributed by atoms with Crippen molar-refractivity contribution in [3.63, 3.8) is 0 Å². The highest BCUT2D eigenvalue weighted by Crippen LogP contribution is 2.41. The van der Waals surface area contributed by atoms with Gasteiger partial charge in [0.25, 0.3) is 6.01 Å². The Balaban J connectivity index is 1.34. The number of fused-ring (bicyclic) bond motifs is 2. The molecule has 0 bridgehead atoms. The van der Waals surface area contributed by atoms with Gasteiger partial charge in [0.15, 0.2) is 11.0 Å². The molecule has 2 aromatic heterocycles. The fraction of sp³-hybridized carbons (Fsp3) is 0.406. The van der Waals surface area contributed by atoms with Gasteiger partial charge in [0.05, 0.1) is 31.1 Å². The molecule has 3 fully saturated rings. The summed E-state index contributed by atoms with van der Waals surface area (Å²) in [4.78, 5) is 34.3. The van der Waals surface area contributed by atoms with E-state index >= 15 is 0 Å². The first kappa shape index (κ1) is 28.5. The van der Waals surface area contributed by atoms with Gasteiger partial charge in [-0.05, 0) is 49.6 Å². The van der Waals surface area contributed by atoms with Crippen LogP contribution in [0.3, 0.4) is 0 Å². The van der Waals surface area contributed by atoms with Crippen molar-refractivity contribution in [1.82, 2.24) is 9.55 Å². The van der Waals surface area contributed by atoms with E-state index in [4.69, 9.17) is 13.9 Å². The second kappa shape index (κ2) is 11.0. The van der Waals surface area contributed by atoms with Crippen molar-refractivity contribution in [2.75, 3.05) is 55.8 Å². The molecule has 5 heterocycles.